The van der Waals surface area contributed by atoms with E-state index in [1.807, 2.05) is 0 Å². The van der Waals surface area contributed by atoms with Crippen LogP contribution in [0, 0.1) is 6.14 Å². The van der Waals surface area contributed by atoms with Crippen LogP contribution in [0.4, 0.5) is 4.39 Å². The molecular weight excluding hydrogens is 204 g/mol. The Labute approximate surface area is 76.9 Å². The number of halogens is 3. The van der Waals surface area contributed by atoms with Crippen molar-refractivity contribution < 1.29 is 8.81 Å². The number of hydrogen-bond acceptors (Lipinski definition) is 2. The van der Waals surface area contributed by atoms with E-state index in [-0.39, 0.29) is 10.6 Å². The lowest BCUT2D eigenvalue weighted by atomic mass is 10.3. The fourth-order valence-corrected chi connectivity index (χ4v) is 1.26. The summed E-state index contributed by atoms with van der Waals surface area (Å²) in [5, 5.41) is 0.505. The summed E-state index contributed by atoms with van der Waals surface area (Å²) < 4.78 is 17.0. The van der Waals surface area contributed by atoms with E-state index in [1.165, 1.54) is 12.1 Å². The minimum Gasteiger partial charge on any atom is -0.413 e. The number of rotatable bonds is 0. The molecule has 0 aliphatic rings. The van der Waals surface area contributed by atoms with Crippen LogP contribution in [0.25, 0.3) is 11.1 Å². The van der Waals surface area contributed by atoms with E-state index < -0.39 is 6.14 Å². The Balaban J connectivity index is 2.89. The molecule has 0 fully saturated rings. The van der Waals surface area contributed by atoms with Gasteiger partial charge in [-0.15, -0.1) is 4.39 Å². The first kappa shape index (κ1) is 7.83. The van der Waals surface area contributed by atoms with Crippen LogP contribution in [0.15, 0.2) is 16.5 Å². The first-order valence-corrected chi connectivity index (χ1v) is 3.84. The molecule has 0 unspecified atom stereocenters. The second kappa shape index (κ2) is 2.61. The molecule has 0 atom stereocenters. The number of aromatic nitrogens is 1. The molecule has 0 bridgehead atoms. The van der Waals surface area contributed by atoms with Gasteiger partial charge >= 0.3 is 6.14 Å². The number of benzene rings is 1. The second-order valence-corrected chi connectivity index (χ2v) is 2.96. The van der Waals surface area contributed by atoms with Gasteiger partial charge in [0.1, 0.15) is 10.5 Å². The highest BCUT2D eigenvalue weighted by molar-refractivity contribution is 6.44. The summed E-state index contributed by atoms with van der Waals surface area (Å²) in [6.45, 7) is 0. The van der Waals surface area contributed by atoms with Crippen molar-refractivity contribution in [1.82, 2.24) is 4.98 Å². The van der Waals surface area contributed by atoms with E-state index in [2.05, 4.69) is 9.40 Å². The summed E-state index contributed by atoms with van der Waals surface area (Å²) in [7, 11) is 0. The van der Waals surface area contributed by atoms with Crippen LogP contribution in [0.5, 0.6) is 0 Å². The molecule has 1 aromatic heterocycles. The predicted molar refractivity (Wildman–Crippen MR) is 44.0 cm³/mol. The molecule has 0 saturated heterocycles. The Kier molecular flexibility index (Phi) is 1.70. The highest BCUT2D eigenvalue weighted by atomic mass is 35.5. The maximum absolute atomic E-state index is 12.5. The van der Waals surface area contributed by atoms with Crippen LogP contribution in [0.3, 0.4) is 0 Å². The Morgan fingerprint density at radius 3 is 2.83 bits per heavy atom. The molecule has 1 heterocycles. The van der Waals surface area contributed by atoms with Crippen molar-refractivity contribution in [2.24, 2.45) is 0 Å². The Morgan fingerprint density at radius 2 is 2.08 bits per heavy atom. The quantitative estimate of drug-likeness (QED) is 0.660. The van der Waals surface area contributed by atoms with Crippen molar-refractivity contribution in [3.63, 3.8) is 0 Å². The Morgan fingerprint density at radius 1 is 1.33 bits per heavy atom. The lowest BCUT2D eigenvalue weighted by molar-refractivity contribution is 0.355. The van der Waals surface area contributed by atoms with Crippen LogP contribution < -0.4 is 0 Å². The molecule has 1 aromatic carbocycles. The molecule has 2 aromatic rings. The highest BCUT2D eigenvalue weighted by Crippen LogP contribution is 2.30. The first-order chi connectivity index (χ1) is 5.68. The molecule has 0 radical (unpaired) electrons. The zero-order chi connectivity index (χ0) is 8.72. The van der Waals surface area contributed by atoms with E-state index in [1.54, 1.807) is 0 Å². The summed E-state index contributed by atoms with van der Waals surface area (Å²) >= 11 is 11.4. The molecule has 0 spiro atoms. The molecule has 12 heavy (non-hydrogen) atoms. The summed E-state index contributed by atoms with van der Waals surface area (Å²) in [6.07, 6.45) is -0.908. The summed E-state index contributed by atoms with van der Waals surface area (Å²) in [4.78, 5) is 3.44. The topological polar surface area (TPSA) is 26.0 Å². The lowest BCUT2D eigenvalue weighted by Crippen LogP contribution is -1.71. The SMILES string of the molecule is Fc1nc2ccc(Cl)c(Cl)c2o1. The van der Waals surface area contributed by atoms with Gasteiger partial charge in [-0.25, -0.2) is 0 Å². The minimum atomic E-state index is -0.908. The van der Waals surface area contributed by atoms with Crippen molar-refractivity contribution in [3.05, 3.63) is 28.3 Å². The van der Waals surface area contributed by atoms with Crippen LogP contribution in [-0.4, -0.2) is 4.98 Å². The van der Waals surface area contributed by atoms with Gasteiger partial charge < -0.3 is 4.42 Å². The van der Waals surface area contributed by atoms with E-state index in [4.69, 9.17) is 23.2 Å². The summed E-state index contributed by atoms with van der Waals surface area (Å²) in [6, 6.07) is 3.07. The van der Waals surface area contributed by atoms with Crippen molar-refractivity contribution >= 4 is 34.3 Å². The molecule has 0 N–H and O–H groups in total. The van der Waals surface area contributed by atoms with Gasteiger partial charge in [-0.1, -0.05) is 23.2 Å². The van der Waals surface area contributed by atoms with Gasteiger partial charge in [0.15, 0.2) is 5.58 Å². The van der Waals surface area contributed by atoms with Crippen molar-refractivity contribution in [2.75, 3.05) is 0 Å². The molecule has 62 valence electrons. The highest BCUT2D eigenvalue weighted by Gasteiger charge is 2.10. The van der Waals surface area contributed by atoms with E-state index in [9.17, 15) is 4.39 Å². The monoisotopic (exact) mass is 205 g/mol. The van der Waals surface area contributed by atoms with Gasteiger partial charge in [-0.05, 0) is 12.1 Å². The molecule has 2 nitrogen and oxygen atoms in total. The van der Waals surface area contributed by atoms with Gasteiger partial charge in [0.2, 0.25) is 0 Å². The Hall–Kier alpha value is -0.800. The van der Waals surface area contributed by atoms with E-state index in [0.29, 0.717) is 10.5 Å². The smallest absolute Gasteiger partial charge is 0.382 e. The molecule has 5 heteroatoms. The van der Waals surface area contributed by atoms with Crippen LogP contribution >= 0.6 is 23.2 Å². The van der Waals surface area contributed by atoms with Crippen molar-refractivity contribution in [3.8, 4) is 0 Å². The molecule has 0 amide bonds. The maximum atomic E-state index is 12.5. The first-order valence-electron chi connectivity index (χ1n) is 3.08. The molecule has 2 rings (SSSR count). The maximum Gasteiger partial charge on any atom is 0.382 e. The fraction of sp³-hybridized carbons (Fsp3) is 0. The third kappa shape index (κ3) is 1.06. The average Bonchev–Trinajstić information content (AvgIpc) is 2.39. The lowest BCUT2D eigenvalue weighted by Gasteiger charge is -1.92. The third-order valence-electron chi connectivity index (χ3n) is 1.42. The molecular formula is C7H2Cl2FNO. The van der Waals surface area contributed by atoms with Crippen molar-refractivity contribution in [2.45, 2.75) is 0 Å². The van der Waals surface area contributed by atoms with Gasteiger partial charge in [-0.3, -0.25) is 0 Å². The van der Waals surface area contributed by atoms with E-state index in [0.717, 1.165) is 0 Å². The van der Waals surface area contributed by atoms with Crippen LogP contribution in [-0.2, 0) is 0 Å². The second-order valence-electron chi connectivity index (χ2n) is 2.18. The average molecular weight is 206 g/mol. The minimum absolute atomic E-state index is 0.182. The molecule has 0 aliphatic heterocycles. The third-order valence-corrected chi connectivity index (χ3v) is 2.21. The standard InChI is InChI=1S/C7H2Cl2FNO/c8-3-1-2-4-6(5(3)9)12-7(10)11-4/h1-2H. The fourth-order valence-electron chi connectivity index (χ4n) is 0.909. The predicted octanol–water partition coefficient (Wildman–Crippen LogP) is 3.27. The summed E-state index contributed by atoms with van der Waals surface area (Å²) in [5.41, 5.74) is 0.545. The van der Waals surface area contributed by atoms with Gasteiger partial charge in [0.25, 0.3) is 0 Å². The van der Waals surface area contributed by atoms with Crippen molar-refractivity contribution in [1.29, 1.82) is 0 Å². The van der Waals surface area contributed by atoms with Gasteiger partial charge in [0.05, 0.1) is 5.02 Å². The Bertz CT molecular complexity index is 440. The number of hydrogen-bond donors (Lipinski definition) is 0. The van der Waals surface area contributed by atoms with Gasteiger partial charge in [0, 0.05) is 0 Å². The zero-order valence-electron chi connectivity index (χ0n) is 5.64. The van der Waals surface area contributed by atoms with Gasteiger partial charge in [-0.2, -0.15) is 4.98 Å². The molecule has 0 saturated carbocycles. The zero-order valence-corrected chi connectivity index (χ0v) is 7.16. The molecule has 0 aliphatic carbocycles. The van der Waals surface area contributed by atoms with E-state index >= 15 is 0 Å². The number of oxazole rings is 1. The largest absolute Gasteiger partial charge is 0.413 e. The number of nitrogens with zero attached hydrogens (tertiary/aromatic N) is 1. The van der Waals surface area contributed by atoms with Crippen LogP contribution in [0.2, 0.25) is 10.0 Å². The summed E-state index contributed by atoms with van der Waals surface area (Å²) in [5.74, 6) is 0. The normalized spacial score (nSPS) is 10.9. The number of fused-ring (bicyclic) bond motifs is 1. The van der Waals surface area contributed by atoms with Crippen LogP contribution in [0.1, 0.15) is 0 Å².